The molecule has 0 amide bonds. The van der Waals surface area contributed by atoms with E-state index in [0.29, 0.717) is 5.92 Å². The number of aromatic nitrogens is 2. The molecule has 20 heavy (non-hydrogen) atoms. The fourth-order valence-corrected chi connectivity index (χ4v) is 3.17. The molecule has 104 valence electrons. The molecule has 0 aliphatic carbocycles. The van der Waals surface area contributed by atoms with E-state index in [0.717, 1.165) is 49.9 Å². The molecule has 2 aliphatic rings. The van der Waals surface area contributed by atoms with Crippen LogP contribution in [-0.4, -0.2) is 36.3 Å². The van der Waals surface area contributed by atoms with Gasteiger partial charge in [0.25, 0.3) is 0 Å². The third-order valence-corrected chi connectivity index (χ3v) is 4.30. The molecule has 2 aliphatic heterocycles. The SMILES string of the molecule is c1ccc2c(N3CCCC3)nc(C3CCOC3)nc2c1. The van der Waals surface area contributed by atoms with Gasteiger partial charge in [0.2, 0.25) is 0 Å². The Balaban J connectivity index is 1.85. The van der Waals surface area contributed by atoms with Gasteiger partial charge in [0.15, 0.2) is 0 Å². The van der Waals surface area contributed by atoms with Crippen molar-refractivity contribution >= 4 is 16.7 Å². The maximum Gasteiger partial charge on any atom is 0.140 e. The second-order valence-corrected chi connectivity index (χ2v) is 5.68. The van der Waals surface area contributed by atoms with Crippen molar-refractivity contribution in [3.05, 3.63) is 30.1 Å². The first-order valence-electron chi connectivity index (χ1n) is 7.51. The van der Waals surface area contributed by atoms with Gasteiger partial charge >= 0.3 is 0 Å². The van der Waals surface area contributed by atoms with Crippen LogP contribution >= 0.6 is 0 Å². The van der Waals surface area contributed by atoms with E-state index in [-0.39, 0.29) is 0 Å². The smallest absolute Gasteiger partial charge is 0.140 e. The standard InChI is InChI=1S/C16H19N3O/c1-2-6-14-13(5-1)16(19-8-3-4-9-19)18-15(17-14)12-7-10-20-11-12/h1-2,5-6,12H,3-4,7-11H2. The fourth-order valence-electron chi connectivity index (χ4n) is 3.17. The van der Waals surface area contributed by atoms with E-state index < -0.39 is 0 Å². The van der Waals surface area contributed by atoms with Crippen LogP contribution in [0.3, 0.4) is 0 Å². The highest BCUT2D eigenvalue weighted by atomic mass is 16.5. The molecule has 4 heteroatoms. The van der Waals surface area contributed by atoms with Crippen molar-refractivity contribution in [2.45, 2.75) is 25.2 Å². The number of rotatable bonds is 2. The maximum atomic E-state index is 5.50. The highest BCUT2D eigenvalue weighted by Gasteiger charge is 2.24. The molecule has 0 spiro atoms. The van der Waals surface area contributed by atoms with E-state index in [4.69, 9.17) is 14.7 Å². The average molecular weight is 269 g/mol. The van der Waals surface area contributed by atoms with Crippen molar-refractivity contribution in [3.63, 3.8) is 0 Å². The largest absolute Gasteiger partial charge is 0.381 e. The Labute approximate surface area is 118 Å². The van der Waals surface area contributed by atoms with E-state index in [9.17, 15) is 0 Å². The molecule has 1 aromatic carbocycles. The summed E-state index contributed by atoms with van der Waals surface area (Å²) in [6, 6.07) is 8.36. The van der Waals surface area contributed by atoms with Gasteiger partial charge in [-0.3, -0.25) is 0 Å². The summed E-state index contributed by atoms with van der Waals surface area (Å²) < 4.78 is 5.50. The number of benzene rings is 1. The number of nitrogens with zero attached hydrogens (tertiary/aromatic N) is 3. The molecule has 1 unspecified atom stereocenters. The first-order valence-corrected chi connectivity index (χ1v) is 7.51. The Bertz CT molecular complexity index is 616. The first kappa shape index (κ1) is 12.1. The molecule has 0 radical (unpaired) electrons. The Morgan fingerprint density at radius 1 is 1.10 bits per heavy atom. The lowest BCUT2D eigenvalue weighted by molar-refractivity contribution is 0.193. The minimum absolute atomic E-state index is 0.362. The summed E-state index contributed by atoms with van der Waals surface area (Å²) in [5, 5.41) is 1.18. The van der Waals surface area contributed by atoms with E-state index >= 15 is 0 Å². The Morgan fingerprint density at radius 2 is 1.95 bits per heavy atom. The molecule has 0 N–H and O–H groups in total. The molecular formula is C16H19N3O. The van der Waals surface area contributed by atoms with Crippen LogP contribution in [0.2, 0.25) is 0 Å². The van der Waals surface area contributed by atoms with E-state index in [1.807, 2.05) is 0 Å². The van der Waals surface area contributed by atoms with Crippen molar-refractivity contribution in [1.29, 1.82) is 0 Å². The molecule has 4 rings (SSSR count). The Kier molecular flexibility index (Phi) is 3.03. The summed E-state index contributed by atoms with van der Waals surface area (Å²) in [5.41, 5.74) is 1.06. The van der Waals surface area contributed by atoms with Gasteiger partial charge in [-0.2, -0.15) is 0 Å². The van der Waals surface area contributed by atoms with E-state index in [2.05, 4.69) is 29.2 Å². The first-order chi connectivity index (χ1) is 9.92. The zero-order chi connectivity index (χ0) is 13.4. The predicted molar refractivity (Wildman–Crippen MR) is 79.2 cm³/mol. The van der Waals surface area contributed by atoms with Gasteiger partial charge in [-0.05, 0) is 31.4 Å². The molecule has 3 heterocycles. The minimum atomic E-state index is 0.362. The summed E-state index contributed by atoms with van der Waals surface area (Å²) >= 11 is 0. The van der Waals surface area contributed by atoms with Crippen molar-refractivity contribution in [2.24, 2.45) is 0 Å². The highest BCUT2D eigenvalue weighted by Crippen LogP contribution is 2.30. The number of ether oxygens (including phenoxy) is 1. The zero-order valence-electron chi connectivity index (χ0n) is 11.6. The molecule has 4 nitrogen and oxygen atoms in total. The molecule has 0 bridgehead atoms. The molecule has 2 aromatic rings. The van der Waals surface area contributed by atoms with Crippen LogP contribution in [0, 0.1) is 0 Å². The number of hydrogen-bond donors (Lipinski definition) is 0. The molecule has 1 aromatic heterocycles. The summed E-state index contributed by atoms with van der Waals surface area (Å²) in [7, 11) is 0. The van der Waals surface area contributed by atoms with Crippen LogP contribution in [-0.2, 0) is 4.74 Å². The van der Waals surface area contributed by atoms with Crippen LogP contribution in [0.5, 0.6) is 0 Å². The molecule has 0 saturated carbocycles. The van der Waals surface area contributed by atoms with Crippen molar-refractivity contribution < 1.29 is 4.74 Å². The number of fused-ring (bicyclic) bond motifs is 1. The average Bonchev–Trinajstić information content (AvgIpc) is 3.19. The van der Waals surface area contributed by atoms with Gasteiger partial charge in [0, 0.05) is 31.0 Å². The van der Waals surface area contributed by atoms with Gasteiger partial charge in [-0.25, -0.2) is 9.97 Å². The topological polar surface area (TPSA) is 38.2 Å². The van der Waals surface area contributed by atoms with Gasteiger partial charge in [-0.1, -0.05) is 12.1 Å². The van der Waals surface area contributed by atoms with Gasteiger partial charge in [0.1, 0.15) is 11.6 Å². The van der Waals surface area contributed by atoms with Crippen LogP contribution in [0.15, 0.2) is 24.3 Å². The van der Waals surface area contributed by atoms with Crippen LogP contribution in [0.1, 0.15) is 31.0 Å². The zero-order valence-corrected chi connectivity index (χ0v) is 11.6. The number of hydrogen-bond acceptors (Lipinski definition) is 4. The monoisotopic (exact) mass is 269 g/mol. The van der Waals surface area contributed by atoms with Crippen LogP contribution in [0.25, 0.3) is 10.9 Å². The maximum absolute atomic E-state index is 5.50. The number of anilines is 1. The summed E-state index contributed by atoms with van der Waals surface area (Å²) in [4.78, 5) is 12.1. The predicted octanol–water partition coefficient (Wildman–Crippen LogP) is 2.73. The molecule has 2 saturated heterocycles. The molecular weight excluding hydrogens is 250 g/mol. The normalized spacial score (nSPS) is 22.8. The van der Waals surface area contributed by atoms with Crippen LogP contribution < -0.4 is 4.90 Å². The van der Waals surface area contributed by atoms with Crippen molar-refractivity contribution in [2.75, 3.05) is 31.2 Å². The second-order valence-electron chi connectivity index (χ2n) is 5.68. The minimum Gasteiger partial charge on any atom is -0.381 e. The van der Waals surface area contributed by atoms with Crippen LogP contribution in [0.4, 0.5) is 5.82 Å². The van der Waals surface area contributed by atoms with E-state index in [1.54, 1.807) is 0 Å². The van der Waals surface area contributed by atoms with Gasteiger partial charge < -0.3 is 9.64 Å². The van der Waals surface area contributed by atoms with Gasteiger partial charge in [0.05, 0.1) is 12.1 Å². The second kappa shape index (κ2) is 5.02. The van der Waals surface area contributed by atoms with Crippen molar-refractivity contribution in [3.8, 4) is 0 Å². The van der Waals surface area contributed by atoms with Crippen molar-refractivity contribution in [1.82, 2.24) is 9.97 Å². The van der Waals surface area contributed by atoms with Gasteiger partial charge in [-0.15, -0.1) is 0 Å². The molecule has 1 atom stereocenters. The summed E-state index contributed by atoms with van der Waals surface area (Å²) in [5.74, 6) is 2.44. The third kappa shape index (κ3) is 2.04. The quantitative estimate of drug-likeness (QED) is 0.840. The lowest BCUT2D eigenvalue weighted by atomic mass is 10.1. The summed E-state index contributed by atoms with van der Waals surface area (Å²) in [6.07, 6.45) is 3.57. The lowest BCUT2D eigenvalue weighted by Gasteiger charge is -2.20. The Hall–Kier alpha value is -1.68. The fraction of sp³-hybridized carbons (Fsp3) is 0.500. The third-order valence-electron chi connectivity index (χ3n) is 4.30. The van der Waals surface area contributed by atoms with E-state index in [1.165, 1.54) is 18.2 Å². The molecule has 2 fully saturated rings. The lowest BCUT2D eigenvalue weighted by Crippen LogP contribution is -2.21. The highest BCUT2D eigenvalue weighted by molar-refractivity contribution is 5.89. The summed E-state index contributed by atoms with van der Waals surface area (Å²) in [6.45, 7) is 3.82. The Morgan fingerprint density at radius 3 is 2.75 bits per heavy atom. The number of para-hydroxylation sites is 1.